The monoisotopic (exact) mass is 416 g/mol. The van der Waals surface area contributed by atoms with Gasteiger partial charge < -0.3 is 30.3 Å². The number of aliphatic carboxylic acids is 2. The smallest absolute Gasteiger partial charge is 0.317 e. The first kappa shape index (κ1) is 24.0. The van der Waals surface area contributed by atoms with E-state index in [1.807, 2.05) is 23.6 Å². The lowest BCUT2D eigenvalue weighted by molar-refractivity contribution is -0.160. The first-order chi connectivity index (χ1) is 13.6. The summed E-state index contributed by atoms with van der Waals surface area (Å²) < 4.78 is 11.8. The van der Waals surface area contributed by atoms with Gasteiger partial charge in [-0.05, 0) is 33.2 Å². The van der Waals surface area contributed by atoms with E-state index >= 15 is 0 Å². The lowest BCUT2D eigenvalue weighted by atomic mass is 9.98. The highest BCUT2D eigenvalue weighted by atomic mass is 16.8. The fourth-order valence-electron chi connectivity index (χ4n) is 3.94. The van der Waals surface area contributed by atoms with E-state index < -0.39 is 23.3 Å². The van der Waals surface area contributed by atoms with Crippen molar-refractivity contribution in [1.82, 2.24) is 14.7 Å². The summed E-state index contributed by atoms with van der Waals surface area (Å²) in [5.41, 5.74) is 5.50. The van der Waals surface area contributed by atoms with Crippen molar-refractivity contribution in [2.75, 3.05) is 72.1 Å². The summed E-state index contributed by atoms with van der Waals surface area (Å²) in [4.78, 5) is 28.3. The van der Waals surface area contributed by atoms with Crippen molar-refractivity contribution in [3.05, 3.63) is 0 Å². The van der Waals surface area contributed by atoms with Gasteiger partial charge in [0.15, 0.2) is 5.79 Å². The van der Waals surface area contributed by atoms with Crippen LogP contribution in [0.4, 0.5) is 0 Å². The second-order valence-electron chi connectivity index (χ2n) is 8.46. The predicted octanol–water partition coefficient (Wildman–Crippen LogP) is -0.664. The highest BCUT2D eigenvalue weighted by Gasteiger charge is 2.44. The Kier molecular flexibility index (Phi) is 8.80. The van der Waals surface area contributed by atoms with Crippen molar-refractivity contribution in [1.29, 1.82) is 0 Å². The SMILES string of the molecule is CC1(C)OCC(CN)(CCCN2CCN(CC(=O)O)CCN(CC(=O)O)CC2)O1. The minimum absolute atomic E-state index is 0.0364. The van der Waals surface area contributed by atoms with Gasteiger partial charge in [0.25, 0.3) is 0 Å². The van der Waals surface area contributed by atoms with Gasteiger partial charge in [0.2, 0.25) is 0 Å². The Balaban J connectivity index is 1.91. The molecule has 0 aromatic carbocycles. The minimum Gasteiger partial charge on any atom is -0.480 e. The summed E-state index contributed by atoms with van der Waals surface area (Å²) in [6, 6.07) is 0. The van der Waals surface area contributed by atoms with E-state index in [1.54, 1.807) is 0 Å². The van der Waals surface area contributed by atoms with Crippen LogP contribution in [0.5, 0.6) is 0 Å². The molecule has 4 N–H and O–H groups in total. The van der Waals surface area contributed by atoms with Gasteiger partial charge in [-0.3, -0.25) is 19.4 Å². The highest BCUT2D eigenvalue weighted by Crippen LogP contribution is 2.33. The van der Waals surface area contributed by atoms with Crippen LogP contribution in [0, 0.1) is 0 Å². The van der Waals surface area contributed by atoms with Crippen LogP contribution < -0.4 is 5.73 Å². The van der Waals surface area contributed by atoms with E-state index in [2.05, 4.69) is 4.90 Å². The third-order valence-corrected chi connectivity index (χ3v) is 5.54. The van der Waals surface area contributed by atoms with E-state index in [0.717, 1.165) is 32.5 Å². The molecular formula is C19H36N4O6. The first-order valence-electron chi connectivity index (χ1n) is 10.3. The molecule has 2 saturated heterocycles. The number of carboxylic acids is 2. The van der Waals surface area contributed by atoms with E-state index in [4.69, 9.17) is 25.4 Å². The Morgan fingerprint density at radius 3 is 1.79 bits per heavy atom. The molecule has 168 valence electrons. The number of nitrogens with zero attached hydrogens (tertiary/aromatic N) is 3. The van der Waals surface area contributed by atoms with Gasteiger partial charge >= 0.3 is 11.9 Å². The summed E-state index contributed by atoms with van der Waals surface area (Å²) >= 11 is 0. The maximum Gasteiger partial charge on any atom is 0.317 e. The number of carboxylic acid groups (broad SMARTS) is 2. The summed E-state index contributed by atoms with van der Waals surface area (Å²) in [6.07, 6.45) is 1.65. The van der Waals surface area contributed by atoms with Gasteiger partial charge in [0, 0.05) is 45.8 Å². The number of carbonyl (C=O) groups is 2. The predicted molar refractivity (Wildman–Crippen MR) is 107 cm³/mol. The molecule has 0 aliphatic carbocycles. The Morgan fingerprint density at radius 2 is 1.41 bits per heavy atom. The Hall–Kier alpha value is -1.30. The Bertz CT molecular complexity index is 533. The molecule has 1 unspecified atom stereocenters. The molecule has 10 nitrogen and oxygen atoms in total. The molecule has 0 aromatic rings. The standard InChI is InChI=1S/C19H36N4O6/c1-18(2)28-15-19(14-20,29-18)4-3-5-21-6-8-22(12-16(24)25)10-11-23(9-7-21)13-17(26)27/h3-15,20H2,1-2H3,(H,24,25)(H,26,27). The van der Waals surface area contributed by atoms with Crippen molar-refractivity contribution in [2.45, 2.75) is 38.1 Å². The van der Waals surface area contributed by atoms with Gasteiger partial charge in [-0.15, -0.1) is 0 Å². The largest absolute Gasteiger partial charge is 0.480 e. The molecule has 2 aliphatic rings. The van der Waals surface area contributed by atoms with Crippen LogP contribution in [0.3, 0.4) is 0 Å². The summed E-state index contributed by atoms with van der Waals surface area (Å²) in [7, 11) is 0. The highest BCUT2D eigenvalue weighted by molar-refractivity contribution is 5.69. The van der Waals surface area contributed by atoms with Crippen molar-refractivity contribution in [2.24, 2.45) is 5.73 Å². The summed E-state index contributed by atoms with van der Waals surface area (Å²) in [5, 5.41) is 18.3. The lowest BCUT2D eigenvalue weighted by Gasteiger charge is -2.30. The van der Waals surface area contributed by atoms with Crippen LogP contribution >= 0.6 is 0 Å². The molecule has 2 fully saturated rings. The van der Waals surface area contributed by atoms with Gasteiger partial charge in [0.05, 0.1) is 19.7 Å². The maximum atomic E-state index is 11.1. The summed E-state index contributed by atoms with van der Waals surface area (Å²) in [5.74, 6) is -2.36. The zero-order chi connectivity index (χ0) is 21.5. The lowest BCUT2D eigenvalue weighted by Crippen LogP contribution is -2.43. The average Bonchev–Trinajstić information content (AvgIpc) is 2.98. The molecular weight excluding hydrogens is 380 g/mol. The normalized spacial score (nSPS) is 27.3. The van der Waals surface area contributed by atoms with E-state index in [-0.39, 0.29) is 13.1 Å². The van der Waals surface area contributed by atoms with Crippen LogP contribution in [0.2, 0.25) is 0 Å². The van der Waals surface area contributed by atoms with Crippen LogP contribution in [-0.2, 0) is 19.1 Å². The Labute approximate surface area is 172 Å². The third-order valence-electron chi connectivity index (χ3n) is 5.54. The van der Waals surface area contributed by atoms with Gasteiger partial charge in [0.1, 0.15) is 5.60 Å². The summed E-state index contributed by atoms with van der Waals surface area (Å²) in [6.45, 7) is 9.26. The number of rotatable bonds is 9. The number of hydrogen-bond donors (Lipinski definition) is 3. The quantitative estimate of drug-likeness (QED) is 0.445. The zero-order valence-electron chi connectivity index (χ0n) is 17.6. The number of nitrogens with two attached hydrogens (primary N) is 1. The fraction of sp³-hybridized carbons (Fsp3) is 0.895. The molecule has 1 atom stereocenters. The second-order valence-corrected chi connectivity index (χ2v) is 8.46. The average molecular weight is 417 g/mol. The second kappa shape index (κ2) is 10.6. The molecule has 29 heavy (non-hydrogen) atoms. The molecule has 2 rings (SSSR count). The van der Waals surface area contributed by atoms with Crippen molar-refractivity contribution in [3.8, 4) is 0 Å². The maximum absolute atomic E-state index is 11.1. The third kappa shape index (κ3) is 8.15. The molecule has 0 saturated carbocycles. The van der Waals surface area contributed by atoms with Crippen molar-refractivity contribution >= 4 is 11.9 Å². The van der Waals surface area contributed by atoms with E-state index in [1.165, 1.54) is 0 Å². The first-order valence-corrected chi connectivity index (χ1v) is 10.3. The molecule has 0 aromatic heterocycles. The molecule has 2 heterocycles. The Morgan fingerprint density at radius 1 is 0.931 bits per heavy atom. The van der Waals surface area contributed by atoms with E-state index in [9.17, 15) is 9.59 Å². The number of hydrogen-bond acceptors (Lipinski definition) is 8. The van der Waals surface area contributed by atoms with Gasteiger partial charge in [-0.25, -0.2) is 0 Å². The van der Waals surface area contributed by atoms with Crippen molar-refractivity contribution < 1.29 is 29.3 Å². The van der Waals surface area contributed by atoms with E-state index in [0.29, 0.717) is 39.3 Å². The molecule has 0 bridgehead atoms. The molecule has 2 aliphatic heterocycles. The molecule has 0 radical (unpaired) electrons. The molecule has 10 heteroatoms. The topological polar surface area (TPSA) is 129 Å². The molecule has 0 amide bonds. The van der Waals surface area contributed by atoms with Crippen LogP contribution in [0.1, 0.15) is 26.7 Å². The van der Waals surface area contributed by atoms with Gasteiger partial charge in [-0.2, -0.15) is 0 Å². The van der Waals surface area contributed by atoms with Crippen LogP contribution in [0.15, 0.2) is 0 Å². The van der Waals surface area contributed by atoms with Crippen molar-refractivity contribution in [3.63, 3.8) is 0 Å². The number of ether oxygens (including phenoxy) is 2. The van der Waals surface area contributed by atoms with Crippen LogP contribution in [0.25, 0.3) is 0 Å². The minimum atomic E-state index is -0.869. The fourth-order valence-corrected chi connectivity index (χ4v) is 3.94. The zero-order valence-corrected chi connectivity index (χ0v) is 17.6. The van der Waals surface area contributed by atoms with Gasteiger partial charge in [-0.1, -0.05) is 0 Å². The van der Waals surface area contributed by atoms with Crippen LogP contribution in [-0.4, -0.2) is 120 Å². The molecule has 0 spiro atoms.